The highest BCUT2D eigenvalue weighted by molar-refractivity contribution is 7.89. The summed E-state index contributed by atoms with van der Waals surface area (Å²) in [6.07, 6.45) is 3.60. The van der Waals surface area contributed by atoms with Crippen LogP contribution in [0.25, 0.3) is 0 Å². The molecule has 7 heteroatoms. The monoisotopic (exact) mass is 315 g/mol. The number of H-pyrrole nitrogens is 1. The first kappa shape index (κ1) is 16.5. The molecule has 2 rings (SSSR count). The maximum absolute atomic E-state index is 12.5. The molecule has 1 aromatic heterocycles. The molecule has 0 amide bonds. The Balaban J connectivity index is 2.00. The van der Waals surface area contributed by atoms with E-state index in [2.05, 4.69) is 10.3 Å². The lowest BCUT2D eigenvalue weighted by Crippen LogP contribution is -2.35. The Morgan fingerprint density at radius 1 is 1.52 bits per heavy atom. The second-order valence-corrected chi connectivity index (χ2v) is 7.55. The van der Waals surface area contributed by atoms with E-state index in [1.165, 1.54) is 4.31 Å². The number of aromatic nitrogens is 1. The van der Waals surface area contributed by atoms with Gasteiger partial charge in [-0.3, -0.25) is 0 Å². The second-order valence-electron chi connectivity index (χ2n) is 5.51. The lowest BCUT2D eigenvalue weighted by Gasteiger charge is -2.26. The number of nitrogens with zero attached hydrogens (tertiary/aromatic N) is 1. The van der Waals surface area contributed by atoms with Crippen LogP contribution in [0.1, 0.15) is 25.5 Å². The molecule has 1 saturated heterocycles. The molecular formula is C14H25N3O3S. The quantitative estimate of drug-likeness (QED) is 0.792. The number of hydrogen-bond acceptors (Lipinski definition) is 4. The molecule has 0 aliphatic carbocycles. The van der Waals surface area contributed by atoms with Gasteiger partial charge in [0.2, 0.25) is 10.0 Å². The summed E-state index contributed by atoms with van der Waals surface area (Å²) in [6, 6.07) is 1.70. The van der Waals surface area contributed by atoms with Crippen molar-refractivity contribution < 1.29 is 13.2 Å². The van der Waals surface area contributed by atoms with Crippen molar-refractivity contribution >= 4 is 10.0 Å². The van der Waals surface area contributed by atoms with Crippen molar-refractivity contribution in [1.29, 1.82) is 0 Å². The summed E-state index contributed by atoms with van der Waals surface area (Å²) in [4.78, 5) is 3.34. The molecular weight excluding hydrogens is 290 g/mol. The minimum absolute atomic E-state index is 0.290. The van der Waals surface area contributed by atoms with Crippen molar-refractivity contribution in [2.75, 3.05) is 33.4 Å². The molecule has 2 heterocycles. The minimum Gasteiger partial charge on any atom is -0.381 e. The molecule has 1 aliphatic heterocycles. The van der Waals surface area contributed by atoms with Gasteiger partial charge in [-0.2, -0.15) is 0 Å². The van der Waals surface area contributed by atoms with E-state index in [4.69, 9.17) is 4.74 Å². The van der Waals surface area contributed by atoms with Crippen molar-refractivity contribution in [1.82, 2.24) is 14.6 Å². The number of sulfonamides is 1. The van der Waals surface area contributed by atoms with E-state index in [1.807, 2.05) is 6.92 Å². The van der Waals surface area contributed by atoms with Crippen molar-refractivity contribution in [3.05, 3.63) is 18.0 Å². The molecule has 2 N–H and O–H groups in total. The Labute approximate surface area is 126 Å². The van der Waals surface area contributed by atoms with Gasteiger partial charge in [-0.05, 0) is 31.4 Å². The number of hydrogen-bond donors (Lipinski definition) is 2. The predicted octanol–water partition coefficient (Wildman–Crippen LogP) is 1.17. The Hall–Kier alpha value is -0.890. The van der Waals surface area contributed by atoms with E-state index in [0.29, 0.717) is 30.5 Å². The average Bonchev–Trinajstić information content (AvgIpc) is 2.95. The van der Waals surface area contributed by atoms with Crippen LogP contribution in [0.3, 0.4) is 0 Å². The van der Waals surface area contributed by atoms with Gasteiger partial charge in [-0.1, -0.05) is 6.92 Å². The SMILES string of the molecule is CCNCc1cc(S(=O)(=O)N(C)CC2CCCOC2)c[nH]1. The van der Waals surface area contributed by atoms with E-state index in [9.17, 15) is 8.42 Å². The molecule has 1 fully saturated rings. The summed E-state index contributed by atoms with van der Waals surface area (Å²) >= 11 is 0. The van der Waals surface area contributed by atoms with Gasteiger partial charge in [-0.15, -0.1) is 0 Å². The number of ether oxygens (including phenoxy) is 1. The van der Waals surface area contributed by atoms with Crippen LogP contribution in [0.15, 0.2) is 17.2 Å². The molecule has 0 bridgehead atoms. The van der Waals surface area contributed by atoms with Crippen molar-refractivity contribution in [3.63, 3.8) is 0 Å². The third-order valence-corrected chi connectivity index (χ3v) is 5.56. The van der Waals surface area contributed by atoms with Crippen LogP contribution in [0.5, 0.6) is 0 Å². The van der Waals surface area contributed by atoms with Crippen molar-refractivity contribution in [2.45, 2.75) is 31.2 Å². The largest absolute Gasteiger partial charge is 0.381 e. The van der Waals surface area contributed by atoms with E-state index in [0.717, 1.165) is 31.7 Å². The Kier molecular flexibility index (Phi) is 5.80. The summed E-state index contributed by atoms with van der Waals surface area (Å²) in [5, 5.41) is 3.17. The normalized spacial score (nSPS) is 20.0. The molecule has 6 nitrogen and oxygen atoms in total. The fourth-order valence-electron chi connectivity index (χ4n) is 2.52. The van der Waals surface area contributed by atoms with Gasteiger partial charge in [0.15, 0.2) is 0 Å². The molecule has 0 saturated carbocycles. The number of nitrogens with one attached hydrogen (secondary N) is 2. The first-order chi connectivity index (χ1) is 10.0. The molecule has 0 radical (unpaired) electrons. The van der Waals surface area contributed by atoms with Crippen molar-refractivity contribution in [3.8, 4) is 0 Å². The van der Waals surface area contributed by atoms with Gasteiger partial charge in [0.05, 0.1) is 11.5 Å². The fraction of sp³-hybridized carbons (Fsp3) is 0.714. The minimum atomic E-state index is -3.42. The topological polar surface area (TPSA) is 74.4 Å². The lowest BCUT2D eigenvalue weighted by molar-refractivity contribution is 0.0495. The van der Waals surface area contributed by atoms with E-state index < -0.39 is 10.0 Å². The zero-order valence-electron chi connectivity index (χ0n) is 12.8. The Morgan fingerprint density at radius 2 is 2.33 bits per heavy atom. The van der Waals surface area contributed by atoms with Crippen LogP contribution in [0.2, 0.25) is 0 Å². The molecule has 1 atom stereocenters. The third-order valence-electron chi connectivity index (χ3n) is 3.76. The highest BCUT2D eigenvalue weighted by Crippen LogP contribution is 2.20. The number of aromatic amines is 1. The van der Waals surface area contributed by atoms with Crippen LogP contribution >= 0.6 is 0 Å². The highest BCUT2D eigenvalue weighted by atomic mass is 32.2. The molecule has 0 aromatic carbocycles. The molecule has 21 heavy (non-hydrogen) atoms. The molecule has 1 unspecified atom stereocenters. The maximum Gasteiger partial charge on any atom is 0.244 e. The molecule has 120 valence electrons. The summed E-state index contributed by atoms with van der Waals surface area (Å²) < 4.78 is 31.9. The van der Waals surface area contributed by atoms with E-state index >= 15 is 0 Å². The fourth-order valence-corrected chi connectivity index (χ4v) is 3.79. The van der Waals surface area contributed by atoms with Gasteiger partial charge in [0, 0.05) is 38.6 Å². The molecule has 1 aliphatic rings. The first-order valence-electron chi connectivity index (χ1n) is 7.46. The molecule has 0 spiro atoms. The predicted molar refractivity (Wildman–Crippen MR) is 81.5 cm³/mol. The van der Waals surface area contributed by atoms with Gasteiger partial charge in [0.1, 0.15) is 0 Å². The average molecular weight is 315 g/mol. The van der Waals surface area contributed by atoms with Gasteiger partial charge < -0.3 is 15.0 Å². The number of rotatable bonds is 7. The zero-order chi connectivity index (χ0) is 15.3. The first-order valence-corrected chi connectivity index (χ1v) is 8.90. The zero-order valence-corrected chi connectivity index (χ0v) is 13.6. The van der Waals surface area contributed by atoms with E-state index in [-0.39, 0.29) is 0 Å². The Morgan fingerprint density at radius 3 is 3.00 bits per heavy atom. The van der Waals surface area contributed by atoms with Gasteiger partial charge >= 0.3 is 0 Å². The molecule has 1 aromatic rings. The van der Waals surface area contributed by atoms with Gasteiger partial charge in [0.25, 0.3) is 0 Å². The summed E-state index contributed by atoms with van der Waals surface area (Å²) in [7, 11) is -1.78. The standard InChI is InChI=1S/C14H25N3O3S/c1-3-15-8-13-7-14(9-16-13)21(18,19)17(2)10-12-5-4-6-20-11-12/h7,9,12,15-16H,3-6,8,10-11H2,1-2H3. The van der Waals surface area contributed by atoms with Crippen LogP contribution in [0.4, 0.5) is 0 Å². The van der Waals surface area contributed by atoms with Crippen LogP contribution in [-0.2, 0) is 21.3 Å². The smallest absolute Gasteiger partial charge is 0.244 e. The van der Waals surface area contributed by atoms with Crippen LogP contribution in [-0.4, -0.2) is 51.1 Å². The maximum atomic E-state index is 12.5. The van der Waals surface area contributed by atoms with Crippen molar-refractivity contribution in [2.24, 2.45) is 5.92 Å². The second kappa shape index (κ2) is 7.40. The summed E-state index contributed by atoms with van der Waals surface area (Å²) in [5.41, 5.74) is 0.879. The summed E-state index contributed by atoms with van der Waals surface area (Å²) in [6.45, 7) is 5.46. The lowest BCUT2D eigenvalue weighted by atomic mass is 10.0. The van der Waals surface area contributed by atoms with Gasteiger partial charge in [-0.25, -0.2) is 12.7 Å². The van der Waals surface area contributed by atoms with Crippen LogP contribution in [0, 0.1) is 5.92 Å². The third kappa shape index (κ3) is 4.29. The van der Waals surface area contributed by atoms with Crippen LogP contribution < -0.4 is 5.32 Å². The summed E-state index contributed by atoms with van der Waals surface area (Å²) in [5.74, 6) is 0.290. The van der Waals surface area contributed by atoms with E-state index in [1.54, 1.807) is 19.3 Å². The highest BCUT2D eigenvalue weighted by Gasteiger charge is 2.25. The Bertz CT molecular complexity index is 535.